The van der Waals surface area contributed by atoms with Gasteiger partial charge in [-0.2, -0.15) is 0 Å². The fraction of sp³-hybridized carbons (Fsp3) is 0.289. The summed E-state index contributed by atoms with van der Waals surface area (Å²) >= 11 is 0. The van der Waals surface area contributed by atoms with Crippen molar-refractivity contribution in [1.29, 1.82) is 0 Å². The van der Waals surface area contributed by atoms with Crippen LogP contribution in [-0.4, -0.2) is 80.7 Å². The molecule has 0 spiro atoms. The predicted molar refractivity (Wildman–Crippen MR) is 213 cm³/mol. The van der Waals surface area contributed by atoms with E-state index in [0.717, 1.165) is 76.5 Å². The number of imidazole rings is 2. The number of methoxy groups -OCH3 is 1. The van der Waals surface area contributed by atoms with Crippen LogP contribution in [0.5, 0.6) is 0 Å². The molecule has 1 unspecified atom stereocenters. The van der Waals surface area contributed by atoms with Gasteiger partial charge >= 0.3 is 0 Å². The number of ether oxygens (including phenoxy) is 1. The van der Waals surface area contributed by atoms with E-state index >= 15 is 0 Å². The number of carbonyl (C=O) groups excluding carboxylic acids is 2. The first-order valence-corrected chi connectivity index (χ1v) is 19.2. The lowest BCUT2D eigenvalue weighted by Crippen LogP contribution is -2.40. The molecule has 2 aliphatic rings. The first-order valence-electron chi connectivity index (χ1n) is 19.2. The van der Waals surface area contributed by atoms with Crippen LogP contribution < -0.4 is 0 Å². The second kappa shape index (κ2) is 16.1. The molecule has 2 aliphatic heterocycles. The highest BCUT2D eigenvalue weighted by Crippen LogP contribution is 2.37. The van der Waals surface area contributed by atoms with E-state index in [4.69, 9.17) is 14.7 Å². The van der Waals surface area contributed by atoms with Crippen LogP contribution in [0.25, 0.3) is 33.6 Å². The smallest absolute Gasteiger partial charge is 0.256 e. The van der Waals surface area contributed by atoms with Crippen LogP contribution in [0.4, 0.5) is 4.39 Å². The minimum absolute atomic E-state index is 0.0499. The van der Waals surface area contributed by atoms with Crippen molar-refractivity contribution in [3.05, 3.63) is 144 Å². The van der Waals surface area contributed by atoms with E-state index in [2.05, 4.69) is 58.5 Å². The van der Waals surface area contributed by atoms with Crippen molar-refractivity contribution in [3.8, 4) is 33.6 Å². The summed E-state index contributed by atoms with van der Waals surface area (Å²) in [5, 5.41) is 0. The van der Waals surface area contributed by atoms with Crippen LogP contribution in [0.2, 0.25) is 0 Å². The van der Waals surface area contributed by atoms with Gasteiger partial charge < -0.3 is 24.5 Å². The van der Waals surface area contributed by atoms with Crippen molar-refractivity contribution in [2.45, 2.75) is 49.9 Å². The van der Waals surface area contributed by atoms with Crippen LogP contribution in [-0.2, 0) is 14.3 Å². The summed E-state index contributed by atoms with van der Waals surface area (Å²) in [6.07, 6.45) is 6.39. The Bertz CT molecular complexity index is 2290. The summed E-state index contributed by atoms with van der Waals surface area (Å²) < 4.78 is 20.5. The number of nitrogens with zero attached hydrogens (tertiary/aromatic N) is 5. The predicted octanol–water partition coefficient (Wildman–Crippen LogP) is 8.29. The normalized spacial score (nSPS) is 18.1. The molecule has 2 aromatic heterocycles. The number of likely N-dealkylation sites (N-methyl/N-ethyl adjacent to an activating group) is 1. The molecule has 286 valence electrons. The maximum absolute atomic E-state index is 14.8. The molecule has 4 aromatic carbocycles. The highest BCUT2D eigenvalue weighted by molar-refractivity contribution is 5.84. The first kappa shape index (κ1) is 37.0. The van der Waals surface area contributed by atoms with Crippen molar-refractivity contribution in [2.75, 3.05) is 34.3 Å². The summed E-state index contributed by atoms with van der Waals surface area (Å²) in [6, 6.07) is 31.7. The van der Waals surface area contributed by atoms with Gasteiger partial charge in [0.2, 0.25) is 5.91 Å². The Morgan fingerprint density at radius 2 is 1.18 bits per heavy atom. The number of H-pyrrole nitrogens is 2. The topological polar surface area (TPSA) is 110 Å². The summed E-state index contributed by atoms with van der Waals surface area (Å²) in [5.74, 6) is 0.950. The molecule has 4 atom stereocenters. The molecule has 2 saturated heterocycles. The van der Waals surface area contributed by atoms with Gasteiger partial charge in [0.25, 0.3) is 5.91 Å². The number of aromatic amines is 2. The third-order valence-electron chi connectivity index (χ3n) is 11.1. The number of likely N-dealkylation sites (tertiary alicyclic amines) is 2. The Morgan fingerprint density at radius 1 is 0.696 bits per heavy atom. The number of nitrogens with one attached hydrogen (secondary N) is 2. The van der Waals surface area contributed by atoms with Crippen LogP contribution in [0.1, 0.15) is 72.7 Å². The number of rotatable bonds is 11. The summed E-state index contributed by atoms with van der Waals surface area (Å²) in [5.41, 5.74) is 7.14. The summed E-state index contributed by atoms with van der Waals surface area (Å²) in [6.45, 7) is 1.26. The average molecular weight is 752 g/mol. The molecule has 6 aromatic rings. The van der Waals surface area contributed by atoms with E-state index in [-0.39, 0.29) is 29.7 Å². The molecule has 8 rings (SSSR count). The molecule has 0 aliphatic carbocycles. The lowest BCUT2D eigenvalue weighted by atomic mass is 10.0. The second-order valence-electron chi connectivity index (χ2n) is 14.8. The Balaban J connectivity index is 0.930. The number of halogens is 1. The number of aromatic nitrogens is 4. The lowest BCUT2D eigenvalue weighted by Gasteiger charge is -2.31. The Labute approximate surface area is 326 Å². The van der Waals surface area contributed by atoms with Gasteiger partial charge in [0.05, 0.1) is 35.9 Å². The third-order valence-corrected chi connectivity index (χ3v) is 11.1. The molecule has 2 amide bonds. The Kier molecular flexibility index (Phi) is 10.6. The van der Waals surface area contributed by atoms with Crippen molar-refractivity contribution in [3.63, 3.8) is 0 Å². The minimum atomic E-state index is -0.723. The minimum Gasteiger partial charge on any atom is -0.367 e. The average Bonchev–Trinajstić information content (AvgIpc) is 4.07. The van der Waals surface area contributed by atoms with Gasteiger partial charge in [0.15, 0.2) is 6.10 Å². The molecule has 2 N–H and O–H groups in total. The monoisotopic (exact) mass is 751 g/mol. The largest absolute Gasteiger partial charge is 0.367 e. The van der Waals surface area contributed by atoms with Gasteiger partial charge in [-0.05, 0) is 73.7 Å². The molecular weight excluding hydrogens is 706 g/mol. The van der Waals surface area contributed by atoms with Gasteiger partial charge in [-0.1, -0.05) is 97.1 Å². The van der Waals surface area contributed by atoms with E-state index in [1.807, 2.05) is 52.5 Å². The number of amides is 2. The highest BCUT2D eigenvalue weighted by Gasteiger charge is 2.38. The third kappa shape index (κ3) is 7.27. The van der Waals surface area contributed by atoms with Crippen LogP contribution in [0, 0.1) is 5.82 Å². The zero-order valence-corrected chi connectivity index (χ0v) is 31.9. The Morgan fingerprint density at radius 3 is 1.68 bits per heavy atom. The number of carbonyl (C=O) groups is 2. The lowest BCUT2D eigenvalue weighted by molar-refractivity contribution is -0.143. The molecule has 4 heterocycles. The van der Waals surface area contributed by atoms with E-state index in [1.54, 1.807) is 44.3 Å². The molecule has 2 fully saturated rings. The van der Waals surface area contributed by atoms with E-state index in [0.29, 0.717) is 18.7 Å². The maximum Gasteiger partial charge on any atom is 0.256 e. The maximum atomic E-state index is 14.8. The standard InChI is InChI=1S/C45H46FN7O3/c1-51(2)40(34-13-7-8-14-35(34)46)44(54)52-25-9-15-38(52)42-47-27-36(49-42)31-21-17-29(18-22-31)30-19-23-32(24-20-30)37-28-48-43(50-37)39-16-10-26-53(39)45(55)41(56-3)33-11-5-4-6-12-33/h4-8,11-14,17-24,27-28,38-41H,9-10,15-16,25-26H2,1-3H3,(H,47,49)(H,48,50)/t38-,39-,40+,41?/m0/s1. The van der Waals surface area contributed by atoms with Gasteiger partial charge in [0, 0.05) is 25.8 Å². The zero-order chi connectivity index (χ0) is 38.8. The van der Waals surface area contributed by atoms with E-state index in [1.165, 1.54) is 6.07 Å². The zero-order valence-electron chi connectivity index (χ0n) is 31.9. The summed E-state index contributed by atoms with van der Waals surface area (Å²) in [4.78, 5) is 49.4. The second-order valence-corrected chi connectivity index (χ2v) is 14.8. The quantitative estimate of drug-likeness (QED) is 0.138. The fourth-order valence-corrected chi connectivity index (χ4v) is 8.26. The van der Waals surface area contributed by atoms with Gasteiger partial charge in [0.1, 0.15) is 23.5 Å². The fourth-order valence-electron chi connectivity index (χ4n) is 8.26. The molecule has 0 radical (unpaired) electrons. The first-order chi connectivity index (χ1) is 27.3. The van der Waals surface area contributed by atoms with Crippen molar-refractivity contribution < 1.29 is 18.7 Å². The van der Waals surface area contributed by atoms with E-state index in [9.17, 15) is 14.0 Å². The molecule has 10 nitrogen and oxygen atoms in total. The van der Waals surface area contributed by atoms with E-state index < -0.39 is 12.1 Å². The van der Waals surface area contributed by atoms with Crippen molar-refractivity contribution >= 4 is 11.8 Å². The van der Waals surface area contributed by atoms with Gasteiger partial charge in [-0.3, -0.25) is 14.5 Å². The Hall–Kier alpha value is -5.91. The number of benzene rings is 4. The van der Waals surface area contributed by atoms with Gasteiger partial charge in [-0.15, -0.1) is 0 Å². The van der Waals surface area contributed by atoms with Crippen molar-refractivity contribution in [2.24, 2.45) is 0 Å². The molecule has 0 bridgehead atoms. The SMILES string of the molecule is COC(C(=O)N1CCC[C@H]1c1ncc(-c2ccc(-c3ccc(-c4cnc([C@@H]5CCCN5C(=O)[C@@H](c5ccccc5F)N(C)C)[nH]4)cc3)cc2)[nH]1)c1ccccc1. The van der Waals surface area contributed by atoms with Crippen LogP contribution in [0.3, 0.4) is 0 Å². The van der Waals surface area contributed by atoms with Crippen LogP contribution in [0.15, 0.2) is 116 Å². The number of hydrogen-bond donors (Lipinski definition) is 2. The molecule has 56 heavy (non-hydrogen) atoms. The number of hydrogen-bond acceptors (Lipinski definition) is 6. The molecule has 11 heteroatoms. The van der Waals surface area contributed by atoms with Crippen molar-refractivity contribution in [1.82, 2.24) is 34.6 Å². The molecule has 0 saturated carbocycles. The highest BCUT2D eigenvalue weighted by atomic mass is 19.1. The van der Waals surface area contributed by atoms with Gasteiger partial charge in [-0.25, -0.2) is 14.4 Å². The van der Waals surface area contributed by atoms with Crippen LogP contribution >= 0.6 is 0 Å². The molecular formula is C45H46FN7O3. The summed E-state index contributed by atoms with van der Waals surface area (Å²) in [7, 11) is 5.19.